The standard InChI is InChI=1S/C22H26N4OS/c1-16(2)26-14-18(13-23-26)21(27)25-11-9-22(10-12-25,19-7-5-4-6-8-19)20-15-28-17(3)24-20/h4-8,13-16H,9-12H2,1-3H3. The van der Waals surface area contributed by atoms with Gasteiger partial charge in [-0.2, -0.15) is 5.10 Å². The maximum Gasteiger partial charge on any atom is 0.257 e. The van der Waals surface area contributed by atoms with Gasteiger partial charge in [-0.3, -0.25) is 9.48 Å². The maximum absolute atomic E-state index is 13.0. The molecule has 2 aromatic heterocycles. The number of aryl methyl sites for hydroxylation is 1. The Bertz CT molecular complexity index is 952. The van der Waals surface area contributed by atoms with E-state index in [1.54, 1.807) is 17.5 Å². The molecule has 4 rings (SSSR count). The Balaban J connectivity index is 1.58. The summed E-state index contributed by atoms with van der Waals surface area (Å²) in [5.41, 5.74) is 2.98. The minimum atomic E-state index is -0.120. The van der Waals surface area contributed by atoms with E-state index in [4.69, 9.17) is 4.98 Å². The first-order valence-electron chi connectivity index (χ1n) is 9.81. The van der Waals surface area contributed by atoms with Gasteiger partial charge in [0.05, 0.1) is 22.5 Å². The summed E-state index contributed by atoms with van der Waals surface area (Å²) in [4.78, 5) is 19.8. The van der Waals surface area contributed by atoms with Gasteiger partial charge in [-0.25, -0.2) is 4.98 Å². The van der Waals surface area contributed by atoms with Crippen molar-refractivity contribution in [1.29, 1.82) is 0 Å². The van der Waals surface area contributed by atoms with Gasteiger partial charge in [-0.1, -0.05) is 30.3 Å². The molecule has 1 aromatic carbocycles. The van der Waals surface area contributed by atoms with Crippen molar-refractivity contribution in [3.63, 3.8) is 0 Å². The van der Waals surface area contributed by atoms with Crippen molar-refractivity contribution in [2.45, 2.75) is 45.1 Å². The number of amides is 1. The summed E-state index contributed by atoms with van der Waals surface area (Å²) < 4.78 is 1.84. The molecule has 0 atom stereocenters. The predicted molar refractivity (Wildman–Crippen MR) is 112 cm³/mol. The molecule has 6 heteroatoms. The lowest BCUT2D eigenvalue weighted by Gasteiger charge is -2.41. The van der Waals surface area contributed by atoms with Crippen LogP contribution in [-0.4, -0.2) is 38.7 Å². The zero-order valence-electron chi connectivity index (χ0n) is 16.6. The number of hydrogen-bond acceptors (Lipinski definition) is 4. The van der Waals surface area contributed by atoms with Crippen molar-refractivity contribution in [3.05, 3.63) is 69.9 Å². The molecule has 5 nitrogen and oxygen atoms in total. The molecule has 0 saturated carbocycles. The molecular weight excluding hydrogens is 368 g/mol. The highest BCUT2D eigenvalue weighted by Crippen LogP contribution is 2.42. The molecule has 1 fully saturated rings. The van der Waals surface area contributed by atoms with E-state index in [9.17, 15) is 4.79 Å². The lowest BCUT2D eigenvalue weighted by atomic mass is 9.70. The number of carbonyl (C=O) groups is 1. The van der Waals surface area contributed by atoms with Gasteiger partial charge in [0, 0.05) is 36.1 Å². The molecule has 0 spiro atoms. The average molecular weight is 395 g/mol. The summed E-state index contributed by atoms with van der Waals surface area (Å²) in [5.74, 6) is 0.0722. The van der Waals surface area contributed by atoms with Gasteiger partial charge >= 0.3 is 0 Å². The third-order valence-corrected chi connectivity index (χ3v) is 6.49. The monoisotopic (exact) mass is 394 g/mol. The second-order valence-electron chi connectivity index (χ2n) is 7.79. The van der Waals surface area contributed by atoms with Gasteiger partial charge in [-0.05, 0) is 39.2 Å². The Morgan fingerprint density at radius 2 is 1.89 bits per heavy atom. The lowest BCUT2D eigenvalue weighted by molar-refractivity contribution is 0.0684. The molecular formula is C22H26N4OS. The van der Waals surface area contributed by atoms with Crippen molar-refractivity contribution < 1.29 is 4.79 Å². The first-order valence-corrected chi connectivity index (χ1v) is 10.7. The number of rotatable bonds is 4. The van der Waals surface area contributed by atoms with Gasteiger partial charge in [0.2, 0.25) is 0 Å². The molecule has 3 heterocycles. The Morgan fingerprint density at radius 1 is 1.18 bits per heavy atom. The molecule has 1 saturated heterocycles. The van der Waals surface area contributed by atoms with Crippen LogP contribution >= 0.6 is 11.3 Å². The highest BCUT2D eigenvalue weighted by Gasteiger charge is 2.40. The van der Waals surface area contributed by atoms with Crippen LogP contribution in [0.3, 0.4) is 0 Å². The largest absolute Gasteiger partial charge is 0.338 e. The van der Waals surface area contributed by atoms with Crippen LogP contribution in [0.2, 0.25) is 0 Å². The van der Waals surface area contributed by atoms with Crippen LogP contribution in [0.15, 0.2) is 48.1 Å². The van der Waals surface area contributed by atoms with E-state index in [-0.39, 0.29) is 17.4 Å². The van der Waals surface area contributed by atoms with E-state index in [1.807, 2.05) is 15.8 Å². The molecule has 3 aromatic rings. The molecule has 0 aliphatic carbocycles. The van der Waals surface area contributed by atoms with Gasteiger partial charge < -0.3 is 4.90 Å². The molecule has 1 aliphatic heterocycles. The molecule has 0 unspecified atom stereocenters. The fourth-order valence-electron chi connectivity index (χ4n) is 4.04. The van der Waals surface area contributed by atoms with E-state index < -0.39 is 0 Å². The topological polar surface area (TPSA) is 51.0 Å². The van der Waals surface area contributed by atoms with Crippen molar-refractivity contribution in [2.24, 2.45) is 0 Å². The molecule has 146 valence electrons. The van der Waals surface area contributed by atoms with E-state index in [1.165, 1.54) is 5.56 Å². The van der Waals surface area contributed by atoms with Gasteiger partial charge in [0.15, 0.2) is 0 Å². The van der Waals surface area contributed by atoms with Crippen molar-refractivity contribution in [2.75, 3.05) is 13.1 Å². The minimum Gasteiger partial charge on any atom is -0.338 e. The van der Waals surface area contributed by atoms with E-state index >= 15 is 0 Å². The SMILES string of the molecule is Cc1nc(C2(c3ccccc3)CCN(C(=O)c3cnn(C(C)C)c3)CC2)cs1. The predicted octanol–water partition coefficient (Wildman–Crippen LogP) is 4.45. The Labute approximate surface area is 170 Å². The van der Waals surface area contributed by atoms with Crippen molar-refractivity contribution >= 4 is 17.2 Å². The number of piperidine rings is 1. The zero-order chi connectivity index (χ0) is 19.7. The number of carbonyl (C=O) groups excluding carboxylic acids is 1. The Hall–Kier alpha value is -2.47. The number of likely N-dealkylation sites (tertiary alicyclic amines) is 1. The van der Waals surface area contributed by atoms with E-state index in [2.05, 4.69) is 61.6 Å². The maximum atomic E-state index is 13.0. The highest BCUT2D eigenvalue weighted by molar-refractivity contribution is 7.09. The summed E-state index contributed by atoms with van der Waals surface area (Å²) in [7, 11) is 0. The Morgan fingerprint density at radius 3 is 2.46 bits per heavy atom. The fraction of sp³-hybridized carbons (Fsp3) is 0.409. The fourth-order valence-corrected chi connectivity index (χ4v) is 4.75. The van der Waals surface area contributed by atoms with Gasteiger partial charge in [0.1, 0.15) is 0 Å². The van der Waals surface area contributed by atoms with E-state index in [0.717, 1.165) is 36.6 Å². The highest BCUT2D eigenvalue weighted by atomic mass is 32.1. The molecule has 1 aliphatic rings. The van der Waals surface area contributed by atoms with Gasteiger partial charge in [-0.15, -0.1) is 11.3 Å². The molecule has 0 bridgehead atoms. The molecule has 28 heavy (non-hydrogen) atoms. The third kappa shape index (κ3) is 3.37. The van der Waals surface area contributed by atoms with Crippen LogP contribution in [0.4, 0.5) is 0 Å². The van der Waals surface area contributed by atoms with Gasteiger partial charge in [0.25, 0.3) is 5.91 Å². The quantitative estimate of drug-likeness (QED) is 0.657. The number of hydrogen-bond donors (Lipinski definition) is 0. The second kappa shape index (κ2) is 7.51. The second-order valence-corrected chi connectivity index (χ2v) is 8.86. The average Bonchev–Trinajstić information content (AvgIpc) is 3.38. The molecule has 0 N–H and O–H groups in total. The normalized spacial score (nSPS) is 16.5. The number of benzene rings is 1. The number of aromatic nitrogens is 3. The van der Waals surface area contributed by atoms with Crippen LogP contribution in [0.25, 0.3) is 0 Å². The third-order valence-electron chi connectivity index (χ3n) is 5.72. The van der Waals surface area contributed by atoms with Crippen molar-refractivity contribution in [3.8, 4) is 0 Å². The molecule has 0 radical (unpaired) electrons. The summed E-state index contributed by atoms with van der Waals surface area (Å²) in [6.07, 6.45) is 5.30. The van der Waals surface area contributed by atoms with Crippen molar-refractivity contribution in [1.82, 2.24) is 19.7 Å². The first-order chi connectivity index (χ1) is 13.5. The summed E-state index contributed by atoms with van der Waals surface area (Å²) in [6, 6.07) is 10.9. The summed E-state index contributed by atoms with van der Waals surface area (Å²) in [6.45, 7) is 7.62. The van der Waals surface area contributed by atoms with Crippen LogP contribution in [-0.2, 0) is 5.41 Å². The summed E-state index contributed by atoms with van der Waals surface area (Å²) in [5, 5.41) is 7.59. The smallest absolute Gasteiger partial charge is 0.257 e. The van der Waals surface area contributed by atoms with Crippen LogP contribution in [0.1, 0.15) is 59.4 Å². The number of nitrogens with zero attached hydrogens (tertiary/aromatic N) is 4. The Kier molecular flexibility index (Phi) is 5.06. The van der Waals surface area contributed by atoms with Crippen LogP contribution in [0.5, 0.6) is 0 Å². The van der Waals surface area contributed by atoms with Crippen LogP contribution < -0.4 is 0 Å². The lowest BCUT2D eigenvalue weighted by Crippen LogP contribution is -2.46. The minimum absolute atomic E-state index is 0.0722. The summed E-state index contributed by atoms with van der Waals surface area (Å²) >= 11 is 1.70. The zero-order valence-corrected chi connectivity index (χ0v) is 17.4. The first kappa shape index (κ1) is 18.9. The number of thiazole rings is 1. The molecule has 1 amide bonds. The van der Waals surface area contributed by atoms with Crippen LogP contribution in [0, 0.1) is 6.92 Å². The van der Waals surface area contributed by atoms with E-state index in [0.29, 0.717) is 5.56 Å².